The Morgan fingerprint density at radius 2 is 1.79 bits per heavy atom. The summed E-state index contributed by atoms with van der Waals surface area (Å²) >= 11 is 12.2. The third-order valence-corrected chi connectivity index (χ3v) is 4.28. The third-order valence-electron chi connectivity index (χ3n) is 3.85. The number of aryl methyl sites for hydroxylation is 2. The van der Waals surface area contributed by atoms with E-state index < -0.39 is 6.04 Å². The summed E-state index contributed by atoms with van der Waals surface area (Å²) in [5.41, 5.74) is 2.40. The fraction of sp³-hybridized carbons (Fsp3) is 0.412. The zero-order valence-corrected chi connectivity index (χ0v) is 15.9. The first-order valence-electron chi connectivity index (χ1n) is 7.56. The quantitative estimate of drug-likeness (QED) is 0.862. The van der Waals surface area contributed by atoms with Gasteiger partial charge in [-0.1, -0.05) is 28.4 Å². The van der Waals surface area contributed by atoms with Crippen LogP contribution in [0.3, 0.4) is 0 Å². The van der Waals surface area contributed by atoms with Gasteiger partial charge >= 0.3 is 0 Å². The van der Waals surface area contributed by atoms with E-state index in [2.05, 4.69) is 10.5 Å². The van der Waals surface area contributed by atoms with Gasteiger partial charge in [-0.2, -0.15) is 0 Å². The van der Waals surface area contributed by atoms with Crippen LogP contribution in [0.1, 0.15) is 41.6 Å². The number of rotatable bonds is 5. The zero-order valence-electron chi connectivity index (χ0n) is 14.4. The van der Waals surface area contributed by atoms with Crippen LogP contribution in [0, 0.1) is 13.8 Å². The molecule has 0 aliphatic heterocycles. The van der Waals surface area contributed by atoms with Gasteiger partial charge in [0, 0.05) is 15.6 Å². The molecule has 0 saturated heterocycles. The molecule has 0 aliphatic rings. The van der Waals surface area contributed by atoms with Crippen LogP contribution >= 0.6 is 23.2 Å². The predicted octanol–water partition coefficient (Wildman–Crippen LogP) is 4.08. The lowest BCUT2D eigenvalue weighted by atomic mass is 10.0. The fourth-order valence-electron chi connectivity index (χ4n) is 2.89. The number of carbonyl (C=O) groups excluding carboxylic acids is 1. The minimum atomic E-state index is -0.510. The molecule has 2 aromatic rings. The molecule has 0 unspecified atom stereocenters. The van der Waals surface area contributed by atoms with Gasteiger partial charge in [-0.15, -0.1) is 0 Å². The van der Waals surface area contributed by atoms with Crippen molar-refractivity contribution < 1.29 is 9.32 Å². The Labute approximate surface area is 151 Å². The smallest absolute Gasteiger partial charge is 0.242 e. The highest BCUT2D eigenvalue weighted by atomic mass is 35.5. The van der Waals surface area contributed by atoms with E-state index >= 15 is 0 Å². The van der Waals surface area contributed by atoms with E-state index in [1.54, 1.807) is 18.2 Å². The molecule has 1 heterocycles. The van der Waals surface area contributed by atoms with Crippen molar-refractivity contribution in [2.75, 3.05) is 14.1 Å². The van der Waals surface area contributed by atoms with E-state index in [1.165, 1.54) is 0 Å². The van der Waals surface area contributed by atoms with Crippen molar-refractivity contribution in [1.82, 2.24) is 15.4 Å². The monoisotopic (exact) mass is 369 g/mol. The Balaban J connectivity index is 2.27. The van der Waals surface area contributed by atoms with Crippen molar-refractivity contribution in [3.8, 4) is 0 Å². The lowest BCUT2D eigenvalue weighted by Crippen LogP contribution is -2.38. The minimum absolute atomic E-state index is 0.147. The molecular weight excluding hydrogens is 349 g/mol. The van der Waals surface area contributed by atoms with Gasteiger partial charge in [-0.05, 0) is 58.6 Å². The second kappa shape index (κ2) is 7.55. The van der Waals surface area contributed by atoms with Gasteiger partial charge in [0.2, 0.25) is 5.91 Å². The second-order valence-electron chi connectivity index (χ2n) is 6.04. The first-order chi connectivity index (χ1) is 11.2. The molecule has 1 amide bonds. The van der Waals surface area contributed by atoms with Gasteiger partial charge in [-0.3, -0.25) is 9.69 Å². The van der Waals surface area contributed by atoms with Crippen LogP contribution in [0.5, 0.6) is 0 Å². The molecule has 2 rings (SSSR count). The maximum atomic E-state index is 12.8. The van der Waals surface area contributed by atoms with Crippen LogP contribution < -0.4 is 5.32 Å². The molecule has 1 aromatic heterocycles. The third kappa shape index (κ3) is 4.09. The normalized spacial score (nSPS) is 13.8. The van der Waals surface area contributed by atoms with E-state index in [0.717, 1.165) is 16.8 Å². The van der Waals surface area contributed by atoms with Crippen LogP contribution in [0.15, 0.2) is 22.7 Å². The lowest BCUT2D eigenvalue weighted by molar-refractivity contribution is -0.126. The highest BCUT2D eigenvalue weighted by molar-refractivity contribution is 6.34. The molecule has 24 heavy (non-hydrogen) atoms. The van der Waals surface area contributed by atoms with Crippen molar-refractivity contribution in [1.29, 1.82) is 0 Å². The van der Waals surface area contributed by atoms with Crippen molar-refractivity contribution in [2.24, 2.45) is 0 Å². The molecule has 1 aromatic carbocycles. The van der Waals surface area contributed by atoms with E-state index in [4.69, 9.17) is 27.7 Å². The fourth-order valence-corrected chi connectivity index (χ4v) is 3.43. The van der Waals surface area contributed by atoms with Gasteiger partial charge in [0.05, 0.1) is 11.7 Å². The van der Waals surface area contributed by atoms with Crippen molar-refractivity contribution in [3.05, 3.63) is 50.8 Å². The molecule has 0 radical (unpaired) electrons. The first kappa shape index (κ1) is 18.8. The van der Waals surface area contributed by atoms with Crippen molar-refractivity contribution in [3.63, 3.8) is 0 Å². The summed E-state index contributed by atoms with van der Waals surface area (Å²) in [6.07, 6.45) is 0. The van der Waals surface area contributed by atoms with Gasteiger partial charge in [0.25, 0.3) is 0 Å². The van der Waals surface area contributed by atoms with E-state index in [0.29, 0.717) is 15.8 Å². The molecule has 0 spiro atoms. The van der Waals surface area contributed by atoms with Crippen molar-refractivity contribution >= 4 is 29.1 Å². The van der Waals surface area contributed by atoms with E-state index in [9.17, 15) is 4.79 Å². The molecule has 0 bridgehead atoms. The molecule has 0 aliphatic carbocycles. The molecular formula is C17H21Cl2N3O2. The van der Waals surface area contributed by atoms with Gasteiger partial charge in [-0.25, -0.2) is 0 Å². The second-order valence-corrected chi connectivity index (χ2v) is 6.91. The Morgan fingerprint density at radius 3 is 2.25 bits per heavy atom. The Hall–Kier alpha value is -1.56. The molecule has 130 valence electrons. The number of aromatic nitrogens is 1. The standard InChI is InChI=1S/C17H21Cl2N3O2/c1-9(15-10(2)21-24-11(15)3)20-17(23)16(22(4)5)12-6-13(18)8-14(19)7-12/h6-9,16H,1-5H3,(H,20,23)/t9-,16-/m0/s1. The number of hydrogen-bond acceptors (Lipinski definition) is 4. The summed E-state index contributed by atoms with van der Waals surface area (Å²) in [6.45, 7) is 5.59. The summed E-state index contributed by atoms with van der Waals surface area (Å²) in [5.74, 6) is 0.554. The average Bonchev–Trinajstić information content (AvgIpc) is 2.76. The number of nitrogens with one attached hydrogen (secondary N) is 1. The number of carbonyl (C=O) groups is 1. The number of likely N-dealkylation sites (N-methyl/N-ethyl adjacent to an activating group) is 1. The molecule has 0 fully saturated rings. The molecule has 2 atom stereocenters. The van der Waals surface area contributed by atoms with Crippen LogP contribution in [-0.2, 0) is 4.79 Å². The summed E-state index contributed by atoms with van der Waals surface area (Å²) in [7, 11) is 3.67. The van der Waals surface area contributed by atoms with Crippen LogP contribution in [-0.4, -0.2) is 30.1 Å². The van der Waals surface area contributed by atoms with Gasteiger partial charge in [0.15, 0.2) is 0 Å². The van der Waals surface area contributed by atoms with Crippen molar-refractivity contribution in [2.45, 2.75) is 32.9 Å². The number of halogens is 2. The predicted molar refractivity (Wildman–Crippen MR) is 95.4 cm³/mol. The Bertz CT molecular complexity index is 704. The average molecular weight is 370 g/mol. The largest absolute Gasteiger partial charge is 0.361 e. The maximum Gasteiger partial charge on any atom is 0.242 e. The lowest BCUT2D eigenvalue weighted by Gasteiger charge is -2.26. The van der Waals surface area contributed by atoms with Gasteiger partial charge in [0.1, 0.15) is 11.8 Å². The summed E-state index contributed by atoms with van der Waals surface area (Å²) in [4.78, 5) is 14.7. The molecule has 1 N–H and O–H groups in total. The highest BCUT2D eigenvalue weighted by Gasteiger charge is 2.27. The SMILES string of the molecule is Cc1noc(C)c1[C@H](C)NC(=O)[C@H](c1cc(Cl)cc(Cl)c1)N(C)C. The maximum absolute atomic E-state index is 12.8. The number of hydrogen-bond donors (Lipinski definition) is 1. The summed E-state index contributed by atoms with van der Waals surface area (Å²) in [6, 6.07) is 4.41. The van der Waals surface area contributed by atoms with Crippen LogP contribution in [0.4, 0.5) is 0 Å². The highest BCUT2D eigenvalue weighted by Crippen LogP contribution is 2.28. The van der Waals surface area contributed by atoms with E-state index in [1.807, 2.05) is 39.8 Å². The topological polar surface area (TPSA) is 58.4 Å². The molecule has 0 saturated carbocycles. The Morgan fingerprint density at radius 1 is 1.21 bits per heavy atom. The summed E-state index contributed by atoms with van der Waals surface area (Å²) in [5, 5.41) is 7.94. The first-order valence-corrected chi connectivity index (χ1v) is 8.32. The Kier molecular flexibility index (Phi) is 5.91. The number of benzene rings is 1. The van der Waals surface area contributed by atoms with Crippen LogP contribution in [0.2, 0.25) is 10.0 Å². The number of amides is 1. The van der Waals surface area contributed by atoms with Crippen LogP contribution in [0.25, 0.3) is 0 Å². The molecule has 5 nitrogen and oxygen atoms in total. The minimum Gasteiger partial charge on any atom is -0.361 e. The number of nitrogens with zero attached hydrogens (tertiary/aromatic N) is 2. The zero-order chi connectivity index (χ0) is 18.0. The summed E-state index contributed by atoms with van der Waals surface area (Å²) < 4.78 is 5.18. The van der Waals surface area contributed by atoms with E-state index in [-0.39, 0.29) is 11.9 Å². The van der Waals surface area contributed by atoms with Gasteiger partial charge < -0.3 is 9.84 Å². The molecule has 7 heteroatoms.